The van der Waals surface area contributed by atoms with Crippen LogP contribution >= 0.6 is 0 Å². The molecule has 1 aromatic carbocycles. The van der Waals surface area contributed by atoms with Crippen molar-refractivity contribution < 1.29 is 8.42 Å². The summed E-state index contributed by atoms with van der Waals surface area (Å²) in [5, 5.41) is 0. The van der Waals surface area contributed by atoms with E-state index >= 15 is 0 Å². The van der Waals surface area contributed by atoms with Gasteiger partial charge in [-0.15, -0.1) is 0 Å². The molecule has 0 amide bonds. The average molecular weight is 296 g/mol. The maximum Gasteiger partial charge on any atom is 0.242 e. The van der Waals surface area contributed by atoms with Crippen molar-refractivity contribution in [3.8, 4) is 0 Å². The van der Waals surface area contributed by atoms with E-state index in [0.717, 1.165) is 30.4 Å². The molecular weight excluding hydrogens is 272 g/mol. The summed E-state index contributed by atoms with van der Waals surface area (Å²) < 4.78 is 27.9. The van der Waals surface area contributed by atoms with Gasteiger partial charge in [0.15, 0.2) is 0 Å². The molecule has 1 saturated carbocycles. The minimum atomic E-state index is -3.54. The van der Waals surface area contributed by atoms with Crippen LogP contribution in [0.15, 0.2) is 17.0 Å². The average Bonchev–Trinajstić information content (AvgIpc) is 2.36. The molecule has 0 aliphatic heterocycles. The van der Waals surface area contributed by atoms with E-state index in [9.17, 15) is 8.42 Å². The Morgan fingerprint density at radius 1 is 1.15 bits per heavy atom. The van der Waals surface area contributed by atoms with E-state index in [1.807, 2.05) is 13.8 Å². The summed E-state index contributed by atoms with van der Waals surface area (Å²) in [7, 11) is -3.54. The number of nitrogens with one attached hydrogen (secondary N) is 1. The lowest BCUT2D eigenvalue weighted by atomic mass is 9.87. The van der Waals surface area contributed by atoms with E-state index in [1.54, 1.807) is 12.1 Å². The fraction of sp³-hybridized carbons (Fsp3) is 0.600. The Kier molecular flexibility index (Phi) is 4.39. The summed E-state index contributed by atoms with van der Waals surface area (Å²) in [5.41, 5.74) is 8.17. The molecule has 1 aliphatic rings. The SMILES string of the molecule is Cc1cc(N)c(S(=O)(=O)NC2CCCCC2C)cc1C. The quantitative estimate of drug-likeness (QED) is 0.842. The number of nitrogen functional groups attached to an aromatic ring is 1. The highest BCUT2D eigenvalue weighted by molar-refractivity contribution is 7.89. The number of rotatable bonds is 3. The molecule has 20 heavy (non-hydrogen) atoms. The van der Waals surface area contributed by atoms with Crippen molar-refractivity contribution in [1.82, 2.24) is 4.72 Å². The monoisotopic (exact) mass is 296 g/mol. The highest BCUT2D eigenvalue weighted by Crippen LogP contribution is 2.27. The van der Waals surface area contributed by atoms with E-state index in [-0.39, 0.29) is 10.9 Å². The zero-order valence-electron chi connectivity index (χ0n) is 12.4. The van der Waals surface area contributed by atoms with Crippen LogP contribution in [0, 0.1) is 19.8 Å². The van der Waals surface area contributed by atoms with Gasteiger partial charge < -0.3 is 5.73 Å². The molecule has 0 saturated heterocycles. The highest BCUT2D eigenvalue weighted by atomic mass is 32.2. The van der Waals surface area contributed by atoms with Crippen molar-refractivity contribution in [1.29, 1.82) is 0 Å². The van der Waals surface area contributed by atoms with Gasteiger partial charge in [-0.3, -0.25) is 0 Å². The van der Waals surface area contributed by atoms with Crippen molar-refractivity contribution >= 4 is 15.7 Å². The van der Waals surface area contributed by atoms with Crippen molar-refractivity contribution in [3.63, 3.8) is 0 Å². The van der Waals surface area contributed by atoms with E-state index in [1.165, 1.54) is 6.42 Å². The normalized spacial score (nSPS) is 23.8. The third-order valence-electron chi connectivity index (χ3n) is 4.33. The molecule has 0 aromatic heterocycles. The number of hydrogen-bond acceptors (Lipinski definition) is 3. The largest absolute Gasteiger partial charge is 0.398 e. The van der Waals surface area contributed by atoms with E-state index in [4.69, 9.17) is 5.73 Å². The number of aryl methyl sites for hydroxylation is 2. The van der Waals surface area contributed by atoms with Crippen LogP contribution in [0.3, 0.4) is 0 Å². The van der Waals surface area contributed by atoms with E-state index < -0.39 is 10.0 Å². The summed E-state index contributed by atoms with van der Waals surface area (Å²) in [6.07, 6.45) is 4.26. The molecule has 4 nitrogen and oxygen atoms in total. The predicted octanol–water partition coefficient (Wildman–Crippen LogP) is 2.74. The van der Waals surface area contributed by atoms with E-state index in [0.29, 0.717) is 11.6 Å². The van der Waals surface area contributed by atoms with Crippen molar-refractivity contribution in [2.24, 2.45) is 5.92 Å². The predicted molar refractivity (Wildman–Crippen MR) is 82.1 cm³/mol. The summed E-state index contributed by atoms with van der Waals surface area (Å²) in [5.74, 6) is 0.381. The minimum absolute atomic E-state index is 0.0229. The minimum Gasteiger partial charge on any atom is -0.398 e. The van der Waals surface area contributed by atoms with Crippen molar-refractivity contribution in [2.45, 2.75) is 57.4 Å². The van der Waals surface area contributed by atoms with E-state index in [2.05, 4.69) is 11.6 Å². The van der Waals surface area contributed by atoms with Crippen molar-refractivity contribution in [3.05, 3.63) is 23.3 Å². The first-order chi connectivity index (χ1) is 9.31. The Bertz CT molecular complexity index is 596. The van der Waals surface area contributed by atoms with Gasteiger partial charge in [0.1, 0.15) is 4.90 Å². The molecule has 2 atom stereocenters. The first-order valence-electron chi connectivity index (χ1n) is 7.20. The molecule has 3 N–H and O–H groups in total. The third-order valence-corrected chi connectivity index (χ3v) is 5.88. The van der Waals surface area contributed by atoms with Gasteiger partial charge in [0, 0.05) is 6.04 Å². The van der Waals surface area contributed by atoms with Gasteiger partial charge in [-0.1, -0.05) is 19.8 Å². The van der Waals surface area contributed by atoms with Gasteiger partial charge in [0.05, 0.1) is 5.69 Å². The number of benzene rings is 1. The Hall–Kier alpha value is -1.07. The molecule has 0 bridgehead atoms. The molecule has 1 aromatic rings. The molecule has 1 aliphatic carbocycles. The van der Waals surface area contributed by atoms with Gasteiger partial charge in [-0.25, -0.2) is 13.1 Å². The summed E-state index contributed by atoms with van der Waals surface area (Å²) in [4.78, 5) is 0.207. The summed E-state index contributed by atoms with van der Waals surface area (Å²) >= 11 is 0. The van der Waals surface area contributed by atoms with Crippen LogP contribution in [-0.4, -0.2) is 14.5 Å². The van der Waals surface area contributed by atoms with Crippen LogP contribution in [0.25, 0.3) is 0 Å². The Balaban J connectivity index is 2.28. The standard InChI is InChI=1S/C15H24N2O2S/c1-10-6-4-5-7-14(10)17-20(18,19)15-9-12(3)11(2)8-13(15)16/h8-10,14,17H,4-7,16H2,1-3H3. The second-order valence-electron chi connectivity index (χ2n) is 5.96. The molecular formula is C15H24N2O2S. The first kappa shape index (κ1) is 15.3. The molecule has 0 heterocycles. The van der Waals surface area contributed by atoms with Gasteiger partial charge >= 0.3 is 0 Å². The number of sulfonamides is 1. The van der Waals surface area contributed by atoms with Crippen LogP contribution in [0.1, 0.15) is 43.7 Å². The number of nitrogens with two attached hydrogens (primary N) is 1. The summed E-state index contributed by atoms with van der Waals surface area (Å²) in [6.45, 7) is 5.94. The smallest absolute Gasteiger partial charge is 0.242 e. The molecule has 2 unspecified atom stereocenters. The lowest BCUT2D eigenvalue weighted by Crippen LogP contribution is -2.41. The molecule has 1 fully saturated rings. The second-order valence-corrected chi connectivity index (χ2v) is 7.65. The van der Waals surface area contributed by atoms with Gasteiger partial charge in [-0.2, -0.15) is 0 Å². The summed E-state index contributed by atoms with van der Waals surface area (Å²) in [6, 6.07) is 3.42. The molecule has 0 radical (unpaired) electrons. The third kappa shape index (κ3) is 3.15. The molecule has 2 rings (SSSR count). The first-order valence-corrected chi connectivity index (χ1v) is 8.68. The topological polar surface area (TPSA) is 72.2 Å². The number of anilines is 1. The molecule has 5 heteroatoms. The van der Waals surface area contributed by atoms with Crippen LogP contribution in [0.2, 0.25) is 0 Å². The molecule has 0 spiro atoms. The zero-order chi connectivity index (χ0) is 14.9. The van der Waals surface area contributed by atoms with Crippen molar-refractivity contribution in [2.75, 3.05) is 5.73 Å². The highest BCUT2D eigenvalue weighted by Gasteiger charge is 2.28. The Labute approximate surface area is 121 Å². The lowest BCUT2D eigenvalue weighted by molar-refractivity contribution is 0.310. The fourth-order valence-electron chi connectivity index (χ4n) is 2.80. The van der Waals surface area contributed by atoms with Crippen LogP contribution in [0.4, 0.5) is 5.69 Å². The Morgan fingerprint density at radius 3 is 2.40 bits per heavy atom. The van der Waals surface area contributed by atoms with Gasteiger partial charge in [-0.05, 0) is 55.9 Å². The van der Waals surface area contributed by atoms with Gasteiger partial charge in [0.25, 0.3) is 0 Å². The zero-order valence-corrected chi connectivity index (χ0v) is 13.3. The van der Waals surface area contributed by atoms with Crippen LogP contribution in [-0.2, 0) is 10.0 Å². The number of hydrogen-bond donors (Lipinski definition) is 2. The lowest BCUT2D eigenvalue weighted by Gasteiger charge is -2.29. The fourth-order valence-corrected chi connectivity index (χ4v) is 4.38. The Morgan fingerprint density at radius 2 is 1.75 bits per heavy atom. The second kappa shape index (κ2) is 5.74. The molecule has 112 valence electrons. The maximum atomic E-state index is 12.5. The van der Waals surface area contributed by atoms with Crippen LogP contribution in [0.5, 0.6) is 0 Å². The maximum absolute atomic E-state index is 12.5. The van der Waals surface area contributed by atoms with Crippen LogP contribution < -0.4 is 10.5 Å². The van der Waals surface area contributed by atoms with Gasteiger partial charge in [0.2, 0.25) is 10.0 Å².